The summed E-state index contributed by atoms with van der Waals surface area (Å²) < 4.78 is 0. The molecule has 0 bridgehead atoms. The number of nitrogens with zero attached hydrogens (tertiary/aromatic N) is 1. The lowest BCUT2D eigenvalue weighted by atomic mass is 9.89. The maximum atomic E-state index is 12.1. The standard InChI is InChI=1S/C19H29N3O5/c1-19(2,3)9-10-22(13(17(21)25)11-14(23)24)16(15(20)18(26)27)12-7-5-4-6-8-12/h4-8,13,15-16H,9-11,20H2,1-3H3,(H2,21,25)(H,23,24)(H,26,27)/t13-,15-,16?/m0/s1. The Morgan fingerprint density at radius 3 is 2.07 bits per heavy atom. The second kappa shape index (κ2) is 9.48. The van der Waals surface area contributed by atoms with Gasteiger partial charge in [-0.15, -0.1) is 0 Å². The Morgan fingerprint density at radius 1 is 1.11 bits per heavy atom. The molecule has 8 nitrogen and oxygen atoms in total. The van der Waals surface area contributed by atoms with E-state index in [1.54, 1.807) is 30.3 Å². The van der Waals surface area contributed by atoms with Crippen LogP contribution in [0.15, 0.2) is 30.3 Å². The molecule has 0 aliphatic rings. The summed E-state index contributed by atoms with van der Waals surface area (Å²) in [5, 5.41) is 18.7. The molecule has 1 amide bonds. The van der Waals surface area contributed by atoms with E-state index in [1.807, 2.05) is 20.8 Å². The van der Waals surface area contributed by atoms with Crippen LogP contribution in [0.1, 0.15) is 45.2 Å². The zero-order chi connectivity index (χ0) is 20.8. The van der Waals surface area contributed by atoms with Crippen LogP contribution in [-0.4, -0.2) is 51.6 Å². The molecule has 0 saturated heterocycles. The van der Waals surface area contributed by atoms with E-state index in [0.29, 0.717) is 12.0 Å². The van der Waals surface area contributed by atoms with Crippen molar-refractivity contribution in [3.8, 4) is 0 Å². The fourth-order valence-corrected chi connectivity index (χ4v) is 2.89. The number of amides is 1. The van der Waals surface area contributed by atoms with Gasteiger partial charge >= 0.3 is 11.9 Å². The van der Waals surface area contributed by atoms with Crippen LogP contribution < -0.4 is 11.5 Å². The fraction of sp³-hybridized carbons (Fsp3) is 0.526. The van der Waals surface area contributed by atoms with Crippen LogP contribution in [0.4, 0.5) is 0 Å². The molecule has 0 radical (unpaired) electrons. The highest BCUT2D eigenvalue weighted by molar-refractivity contribution is 5.85. The minimum atomic E-state index is -1.36. The third-order valence-corrected chi connectivity index (χ3v) is 4.34. The molecular formula is C19H29N3O5. The monoisotopic (exact) mass is 379 g/mol. The highest BCUT2D eigenvalue weighted by Gasteiger charge is 2.38. The van der Waals surface area contributed by atoms with Gasteiger partial charge in [0.25, 0.3) is 0 Å². The van der Waals surface area contributed by atoms with Crippen LogP contribution in [0.3, 0.4) is 0 Å². The summed E-state index contributed by atoms with van der Waals surface area (Å²) in [6, 6.07) is 5.21. The lowest BCUT2D eigenvalue weighted by Gasteiger charge is -2.39. The van der Waals surface area contributed by atoms with E-state index in [0.717, 1.165) is 0 Å². The van der Waals surface area contributed by atoms with Crippen molar-refractivity contribution in [1.82, 2.24) is 4.90 Å². The van der Waals surface area contributed by atoms with Gasteiger partial charge in [0, 0.05) is 6.54 Å². The van der Waals surface area contributed by atoms with Crippen molar-refractivity contribution in [3.05, 3.63) is 35.9 Å². The molecule has 0 aliphatic carbocycles. The molecule has 1 aromatic rings. The van der Waals surface area contributed by atoms with Gasteiger partial charge < -0.3 is 21.7 Å². The van der Waals surface area contributed by atoms with Gasteiger partial charge in [-0.05, 0) is 17.4 Å². The van der Waals surface area contributed by atoms with Crippen LogP contribution >= 0.6 is 0 Å². The van der Waals surface area contributed by atoms with E-state index in [-0.39, 0.29) is 12.0 Å². The first-order valence-corrected chi connectivity index (χ1v) is 8.74. The van der Waals surface area contributed by atoms with E-state index in [2.05, 4.69) is 0 Å². The van der Waals surface area contributed by atoms with Crippen molar-refractivity contribution in [1.29, 1.82) is 0 Å². The van der Waals surface area contributed by atoms with Gasteiger partial charge in [-0.25, -0.2) is 0 Å². The predicted octanol–water partition coefficient (Wildman–Crippen LogP) is 1.21. The van der Waals surface area contributed by atoms with Crippen molar-refractivity contribution < 1.29 is 24.6 Å². The average molecular weight is 379 g/mol. The molecular weight excluding hydrogens is 350 g/mol. The Hall–Kier alpha value is -2.45. The molecule has 6 N–H and O–H groups in total. The molecule has 3 atom stereocenters. The zero-order valence-electron chi connectivity index (χ0n) is 16.0. The number of carboxylic acids is 2. The number of hydrogen-bond acceptors (Lipinski definition) is 5. The maximum Gasteiger partial charge on any atom is 0.322 e. The molecule has 1 aromatic carbocycles. The molecule has 0 aromatic heterocycles. The number of primary amides is 1. The van der Waals surface area contributed by atoms with Gasteiger partial charge in [0.1, 0.15) is 12.1 Å². The van der Waals surface area contributed by atoms with E-state index in [1.165, 1.54) is 4.90 Å². The highest BCUT2D eigenvalue weighted by Crippen LogP contribution is 2.30. The van der Waals surface area contributed by atoms with Crippen LogP contribution in [-0.2, 0) is 14.4 Å². The third kappa shape index (κ3) is 6.99. The van der Waals surface area contributed by atoms with Crippen molar-refractivity contribution in [3.63, 3.8) is 0 Å². The smallest absolute Gasteiger partial charge is 0.322 e. The minimum absolute atomic E-state index is 0.127. The molecule has 150 valence electrons. The second-order valence-electron chi connectivity index (χ2n) is 7.78. The molecule has 0 aliphatic heterocycles. The van der Waals surface area contributed by atoms with Crippen molar-refractivity contribution in [2.24, 2.45) is 16.9 Å². The van der Waals surface area contributed by atoms with Crippen molar-refractivity contribution >= 4 is 17.8 Å². The van der Waals surface area contributed by atoms with Gasteiger partial charge in [0.15, 0.2) is 0 Å². The quantitative estimate of drug-likeness (QED) is 0.477. The zero-order valence-corrected chi connectivity index (χ0v) is 16.0. The molecule has 0 saturated carbocycles. The Kier molecular flexibility index (Phi) is 7.93. The van der Waals surface area contributed by atoms with Crippen molar-refractivity contribution in [2.75, 3.05) is 6.54 Å². The Balaban J connectivity index is 3.45. The summed E-state index contributed by atoms with van der Waals surface area (Å²) in [5.74, 6) is -3.27. The number of benzene rings is 1. The molecule has 0 heterocycles. The maximum absolute atomic E-state index is 12.1. The number of aliphatic carboxylic acids is 2. The number of nitrogens with two attached hydrogens (primary N) is 2. The molecule has 1 rings (SSSR count). The Morgan fingerprint density at radius 2 is 1.67 bits per heavy atom. The topological polar surface area (TPSA) is 147 Å². The molecule has 1 unspecified atom stereocenters. The first kappa shape index (κ1) is 22.6. The van der Waals surface area contributed by atoms with Crippen molar-refractivity contribution in [2.45, 2.75) is 51.7 Å². The van der Waals surface area contributed by atoms with Gasteiger partial charge in [0.2, 0.25) is 5.91 Å². The number of carbonyl (C=O) groups excluding carboxylic acids is 1. The summed E-state index contributed by atoms with van der Waals surface area (Å²) in [5.41, 5.74) is 11.9. The number of rotatable bonds is 10. The normalized spacial score (nSPS) is 15.1. The second-order valence-corrected chi connectivity index (χ2v) is 7.78. The first-order valence-electron chi connectivity index (χ1n) is 8.74. The summed E-state index contributed by atoms with van der Waals surface area (Å²) in [6.07, 6.45) is 0.0568. The van der Waals surface area contributed by atoms with Crippen LogP contribution in [0.2, 0.25) is 0 Å². The van der Waals surface area contributed by atoms with Crippen LogP contribution in [0, 0.1) is 5.41 Å². The Bertz CT molecular complexity index is 657. The fourth-order valence-electron chi connectivity index (χ4n) is 2.89. The summed E-state index contributed by atoms with van der Waals surface area (Å²) in [7, 11) is 0. The summed E-state index contributed by atoms with van der Waals surface area (Å²) >= 11 is 0. The summed E-state index contributed by atoms with van der Waals surface area (Å²) in [4.78, 5) is 36.5. The van der Waals surface area contributed by atoms with Crippen LogP contribution in [0.25, 0.3) is 0 Å². The van der Waals surface area contributed by atoms with Gasteiger partial charge in [-0.2, -0.15) is 0 Å². The van der Waals surface area contributed by atoms with E-state index in [9.17, 15) is 24.6 Å². The molecule has 0 spiro atoms. The SMILES string of the molecule is CC(C)(C)CCN(C(c1ccccc1)[C@H](N)C(=O)O)[C@@H](CC(=O)O)C(N)=O. The minimum Gasteiger partial charge on any atom is -0.481 e. The number of hydrogen-bond donors (Lipinski definition) is 4. The van der Waals surface area contributed by atoms with E-state index < -0.39 is 42.4 Å². The average Bonchev–Trinajstić information content (AvgIpc) is 2.55. The van der Waals surface area contributed by atoms with Gasteiger partial charge in [-0.1, -0.05) is 51.1 Å². The number of carboxylic acid groups (broad SMARTS) is 2. The number of carbonyl (C=O) groups is 3. The van der Waals surface area contributed by atoms with Crippen LogP contribution in [0.5, 0.6) is 0 Å². The van der Waals surface area contributed by atoms with Gasteiger partial charge in [-0.3, -0.25) is 19.3 Å². The third-order valence-electron chi connectivity index (χ3n) is 4.34. The Labute approximate surface area is 159 Å². The molecule has 27 heavy (non-hydrogen) atoms. The molecule has 0 fully saturated rings. The van der Waals surface area contributed by atoms with Gasteiger partial charge in [0.05, 0.1) is 12.5 Å². The van der Waals surface area contributed by atoms with E-state index in [4.69, 9.17) is 11.5 Å². The van der Waals surface area contributed by atoms with E-state index >= 15 is 0 Å². The predicted molar refractivity (Wildman–Crippen MR) is 101 cm³/mol. The lowest BCUT2D eigenvalue weighted by Crippen LogP contribution is -2.54. The highest BCUT2D eigenvalue weighted by atomic mass is 16.4. The summed E-state index contributed by atoms with van der Waals surface area (Å²) in [6.45, 7) is 6.26. The largest absolute Gasteiger partial charge is 0.481 e. The molecule has 8 heteroatoms. The first-order chi connectivity index (χ1) is 12.4. The lowest BCUT2D eigenvalue weighted by molar-refractivity contribution is -0.144.